The maximum atomic E-state index is 8.74. The molecule has 0 aliphatic carbocycles. The Balaban J connectivity index is 2.81. The third-order valence-electron chi connectivity index (χ3n) is 1.96. The lowest BCUT2D eigenvalue weighted by Crippen LogP contribution is -1.99. The van der Waals surface area contributed by atoms with E-state index in [-0.39, 0.29) is 0 Å². The number of benzene rings is 1. The van der Waals surface area contributed by atoms with Gasteiger partial charge in [0.05, 0.1) is 11.6 Å². The maximum absolute atomic E-state index is 8.74. The van der Waals surface area contributed by atoms with Gasteiger partial charge in [-0.15, -0.1) is 0 Å². The van der Waals surface area contributed by atoms with Crippen LogP contribution in [0, 0.1) is 18.3 Å². The number of rotatable bonds is 3. The molecule has 0 aromatic heterocycles. The van der Waals surface area contributed by atoms with Crippen molar-refractivity contribution in [1.82, 2.24) is 0 Å². The van der Waals surface area contributed by atoms with Crippen LogP contribution in [0.5, 0.6) is 5.75 Å². The minimum absolute atomic E-state index is 0.444. The summed E-state index contributed by atoms with van der Waals surface area (Å²) in [6, 6.07) is 7.45. The molecule has 0 aliphatic rings. The van der Waals surface area contributed by atoms with Crippen molar-refractivity contribution in [3.05, 3.63) is 40.4 Å². The van der Waals surface area contributed by atoms with Gasteiger partial charge >= 0.3 is 0 Å². The van der Waals surface area contributed by atoms with Crippen LogP contribution in [0.1, 0.15) is 18.1 Å². The average molecular weight is 222 g/mol. The fourth-order valence-electron chi connectivity index (χ4n) is 1.05. The first-order valence-corrected chi connectivity index (χ1v) is 5.00. The quantitative estimate of drug-likeness (QED) is 0.784. The first-order valence-electron chi connectivity index (χ1n) is 4.56. The fourth-order valence-corrected chi connectivity index (χ4v) is 1.11. The van der Waals surface area contributed by atoms with Crippen LogP contribution in [-0.4, -0.2) is 6.61 Å². The van der Waals surface area contributed by atoms with E-state index in [0.29, 0.717) is 12.2 Å². The standard InChI is InChI=1S/C12H12ClNO/c1-9(6-13)8-15-12-5-11(7-14)4-3-10(12)2/h3-6H,8H2,1-2H3/b9-6-. The largest absolute Gasteiger partial charge is 0.489 e. The van der Waals surface area contributed by atoms with Gasteiger partial charge in [-0.25, -0.2) is 0 Å². The van der Waals surface area contributed by atoms with Crippen LogP contribution < -0.4 is 4.74 Å². The molecule has 1 rings (SSSR count). The highest BCUT2D eigenvalue weighted by Crippen LogP contribution is 2.19. The second-order valence-corrected chi connectivity index (χ2v) is 3.55. The summed E-state index contributed by atoms with van der Waals surface area (Å²) in [4.78, 5) is 0. The molecule has 0 fully saturated rings. The summed E-state index contributed by atoms with van der Waals surface area (Å²) in [6.45, 7) is 4.27. The number of hydrogen-bond donors (Lipinski definition) is 0. The van der Waals surface area contributed by atoms with E-state index in [1.165, 1.54) is 5.54 Å². The third kappa shape index (κ3) is 3.30. The summed E-state index contributed by atoms with van der Waals surface area (Å²) in [5.74, 6) is 0.729. The molecule has 0 atom stereocenters. The Kier molecular flexibility index (Phi) is 4.20. The van der Waals surface area contributed by atoms with E-state index in [0.717, 1.165) is 16.9 Å². The lowest BCUT2D eigenvalue weighted by molar-refractivity contribution is 0.350. The van der Waals surface area contributed by atoms with E-state index in [4.69, 9.17) is 21.6 Å². The third-order valence-corrected chi connectivity index (χ3v) is 2.33. The SMILES string of the molecule is C/C(=C/Cl)COc1cc(C#N)ccc1C. The Morgan fingerprint density at radius 2 is 2.33 bits per heavy atom. The molecule has 0 spiro atoms. The van der Waals surface area contributed by atoms with E-state index in [1.807, 2.05) is 19.9 Å². The molecule has 0 heterocycles. The monoisotopic (exact) mass is 221 g/mol. The van der Waals surface area contributed by atoms with E-state index in [1.54, 1.807) is 12.1 Å². The van der Waals surface area contributed by atoms with Crippen molar-refractivity contribution in [3.63, 3.8) is 0 Å². The molecule has 0 unspecified atom stereocenters. The van der Waals surface area contributed by atoms with E-state index >= 15 is 0 Å². The van der Waals surface area contributed by atoms with Crippen molar-refractivity contribution in [1.29, 1.82) is 5.26 Å². The molecule has 1 aromatic carbocycles. The summed E-state index contributed by atoms with van der Waals surface area (Å²) < 4.78 is 5.53. The second kappa shape index (κ2) is 5.43. The van der Waals surface area contributed by atoms with Crippen LogP contribution in [-0.2, 0) is 0 Å². The molecule has 0 saturated carbocycles. The molecule has 15 heavy (non-hydrogen) atoms. The Morgan fingerprint density at radius 3 is 2.93 bits per heavy atom. The van der Waals surface area contributed by atoms with Gasteiger partial charge in [0.25, 0.3) is 0 Å². The highest BCUT2D eigenvalue weighted by atomic mass is 35.5. The molecule has 3 heteroatoms. The highest BCUT2D eigenvalue weighted by molar-refractivity contribution is 6.25. The van der Waals surface area contributed by atoms with Gasteiger partial charge in [0.2, 0.25) is 0 Å². The highest BCUT2D eigenvalue weighted by Gasteiger charge is 2.01. The Hall–Kier alpha value is -1.46. The molecule has 2 nitrogen and oxygen atoms in total. The average Bonchev–Trinajstić information content (AvgIpc) is 2.27. The molecule has 1 aromatic rings. The van der Waals surface area contributed by atoms with E-state index in [2.05, 4.69) is 6.07 Å². The lowest BCUT2D eigenvalue weighted by atomic mass is 10.1. The molecule has 0 saturated heterocycles. The van der Waals surface area contributed by atoms with Crippen molar-refractivity contribution in [2.24, 2.45) is 0 Å². The van der Waals surface area contributed by atoms with Crippen molar-refractivity contribution in [2.75, 3.05) is 6.61 Å². The van der Waals surface area contributed by atoms with Crippen LogP contribution >= 0.6 is 11.6 Å². The van der Waals surface area contributed by atoms with Crippen LogP contribution in [0.15, 0.2) is 29.3 Å². The minimum atomic E-state index is 0.444. The number of nitriles is 1. The zero-order valence-corrected chi connectivity index (χ0v) is 9.51. The number of nitrogens with zero attached hydrogens (tertiary/aromatic N) is 1. The zero-order chi connectivity index (χ0) is 11.3. The Labute approximate surface area is 94.7 Å². The van der Waals surface area contributed by atoms with Gasteiger partial charge in [0.15, 0.2) is 0 Å². The predicted molar refractivity (Wildman–Crippen MR) is 61.0 cm³/mol. The number of halogens is 1. The zero-order valence-electron chi connectivity index (χ0n) is 8.75. The van der Waals surface area contributed by atoms with E-state index < -0.39 is 0 Å². The molecular formula is C12H12ClNO. The van der Waals surface area contributed by atoms with Crippen molar-refractivity contribution in [2.45, 2.75) is 13.8 Å². The van der Waals surface area contributed by atoms with Crippen LogP contribution in [0.3, 0.4) is 0 Å². The summed E-state index contributed by atoms with van der Waals surface area (Å²) in [7, 11) is 0. The number of hydrogen-bond acceptors (Lipinski definition) is 2. The molecule has 0 aliphatic heterocycles. The normalized spacial score (nSPS) is 10.9. The molecule has 78 valence electrons. The van der Waals surface area contributed by atoms with Gasteiger partial charge in [-0.2, -0.15) is 5.26 Å². The number of ether oxygens (including phenoxy) is 1. The number of aryl methyl sites for hydroxylation is 1. The van der Waals surface area contributed by atoms with Crippen LogP contribution in [0.2, 0.25) is 0 Å². The molecule has 0 bridgehead atoms. The lowest BCUT2D eigenvalue weighted by Gasteiger charge is -2.08. The van der Waals surface area contributed by atoms with Gasteiger partial charge in [0.1, 0.15) is 12.4 Å². The fraction of sp³-hybridized carbons (Fsp3) is 0.250. The molecule has 0 amide bonds. The van der Waals surface area contributed by atoms with Gasteiger partial charge in [-0.3, -0.25) is 0 Å². The topological polar surface area (TPSA) is 33.0 Å². The van der Waals surface area contributed by atoms with Gasteiger partial charge in [-0.05, 0) is 37.1 Å². The summed E-state index contributed by atoms with van der Waals surface area (Å²) in [5.41, 5.74) is 4.04. The van der Waals surface area contributed by atoms with Gasteiger partial charge < -0.3 is 4.74 Å². The summed E-state index contributed by atoms with van der Waals surface area (Å²) in [6.07, 6.45) is 0. The molecule has 0 radical (unpaired) electrons. The first-order chi connectivity index (χ1) is 7.17. The first kappa shape index (κ1) is 11.6. The van der Waals surface area contributed by atoms with Crippen molar-refractivity contribution >= 4 is 11.6 Å². The second-order valence-electron chi connectivity index (χ2n) is 3.34. The summed E-state index contributed by atoms with van der Waals surface area (Å²) >= 11 is 5.52. The molecular weight excluding hydrogens is 210 g/mol. The summed E-state index contributed by atoms with van der Waals surface area (Å²) in [5, 5.41) is 8.74. The minimum Gasteiger partial charge on any atom is -0.489 e. The smallest absolute Gasteiger partial charge is 0.124 e. The predicted octanol–water partition coefficient (Wildman–Crippen LogP) is 3.39. The van der Waals surface area contributed by atoms with Crippen molar-refractivity contribution in [3.8, 4) is 11.8 Å². The van der Waals surface area contributed by atoms with Gasteiger partial charge in [-0.1, -0.05) is 17.7 Å². The van der Waals surface area contributed by atoms with Gasteiger partial charge in [0, 0.05) is 5.54 Å². The van der Waals surface area contributed by atoms with E-state index in [9.17, 15) is 0 Å². The molecule has 0 N–H and O–H groups in total. The van der Waals surface area contributed by atoms with Crippen LogP contribution in [0.4, 0.5) is 0 Å². The van der Waals surface area contributed by atoms with Crippen LogP contribution in [0.25, 0.3) is 0 Å². The van der Waals surface area contributed by atoms with Crippen molar-refractivity contribution < 1.29 is 4.74 Å². The maximum Gasteiger partial charge on any atom is 0.124 e. The Bertz CT molecular complexity index is 418. The Morgan fingerprint density at radius 1 is 1.60 bits per heavy atom.